The van der Waals surface area contributed by atoms with Crippen molar-refractivity contribution in [2.45, 2.75) is 13.8 Å². The molecule has 0 amide bonds. The van der Waals surface area contributed by atoms with Gasteiger partial charge < -0.3 is 0 Å². The molecule has 0 heterocycles. The van der Waals surface area contributed by atoms with Crippen LogP contribution < -0.4 is 0 Å². The van der Waals surface area contributed by atoms with Crippen LogP contribution in [-0.4, -0.2) is 0 Å². The fourth-order valence-corrected chi connectivity index (χ4v) is 1.19. The van der Waals surface area contributed by atoms with Gasteiger partial charge in [-0.25, -0.2) is 0 Å². The summed E-state index contributed by atoms with van der Waals surface area (Å²) in [6, 6.07) is 0. The van der Waals surface area contributed by atoms with Gasteiger partial charge in [0.15, 0.2) is 0 Å². The average Bonchev–Trinajstić information content (AvgIpc) is 2.13. The Labute approximate surface area is 86.3 Å². The third-order valence-electron chi connectivity index (χ3n) is 1.84. The molecule has 0 saturated heterocycles. The second kappa shape index (κ2) is 5.98. The molecule has 0 N–H and O–H groups in total. The lowest BCUT2D eigenvalue weighted by Crippen LogP contribution is -1.72. The van der Waals surface area contributed by atoms with Crippen molar-refractivity contribution in [1.82, 2.24) is 0 Å². The lowest BCUT2D eigenvalue weighted by Gasteiger charge is -1.93. The molecule has 0 aromatic carbocycles. The van der Waals surface area contributed by atoms with Gasteiger partial charge in [0, 0.05) is 0 Å². The summed E-state index contributed by atoms with van der Waals surface area (Å²) in [6.07, 6.45) is 20.6. The Bertz CT molecular complexity index is 341. The van der Waals surface area contributed by atoms with Gasteiger partial charge in [-0.1, -0.05) is 71.9 Å². The van der Waals surface area contributed by atoms with E-state index in [1.807, 2.05) is 30.4 Å². The Morgan fingerprint density at radius 3 is 1.93 bits per heavy atom. The smallest absolute Gasteiger partial charge is 0.0398 e. The molecule has 0 aromatic rings. The maximum Gasteiger partial charge on any atom is -0.0398 e. The van der Waals surface area contributed by atoms with Gasteiger partial charge in [-0.15, -0.1) is 0 Å². The second-order valence-corrected chi connectivity index (χ2v) is 3.31. The number of rotatable bonds is 0. The van der Waals surface area contributed by atoms with Gasteiger partial charge in [-0.2, -0.15) is 0 Å². The van der Waals surface area contributed by atoms with E-state index in [-0.39, 0.29) is 0 Å². The van der Waals surface area contributed by atoms with Crippen molar-refractivity contribution < 1.29 is 0 Å². The predicted octanol–water partition coefficient (Wildman–Crippen LogP) is 4.12. The first-order chi connectivity index (χ1) is 6.79. The van der Waals surface area contributed by atoms with Crippen LogP contribution in [0.25, 0.3) is 0 Å². The largest absolute Gasteiger partial charge is 0.0623 e. The van der Waals surface area contributed by atoms with Crippen LogP contribution in [0.5, 0.6) is 0 Å². The molecule has 0 bridgehead atoms. The van der Waals surface area contributed by atoms with Gasteiger partial charge in [0.05, 0.1) is 0 Å². The van der Waals surface area contributed by atoms with E-state index in [4.69, 9.17) is 0 Å². The highest BCUT2D eigenvalue weighted by molar-refractivity contribution is 5.32. The maximum atomic E-state index is 2.17. The summed E-state index contributed by atoms with van der Waals surface area (Å²) in [4.78, 5) is 0. The Kier molecular flexibility index (Phi) is 4.49. The van der Waals surface area contributed by atoms with Gasteiger partial charge in [0.2, 0.25) is 0 Å². The van der Waals surface area contributed by atoms with Crippen molar-refractivity contribution in [1.29, 1.82) is 0 Å². The van der Waals surface area contributed by atoms with Crippen LogP contribution in [0.15, 0.2) is 71.9 Å². The molecule has 0 spiro atoms. The highest BCUT2D eigenvalue weighted by Crippen LogP contribution is 2.04. The Morgan fingerprint density at radius 1 is 0.643 bits per heavy atom. The van der Waals surface area contributed by atoms with Crippen molar-refractivity contribution >= 4 is 0 Å². The predicted molar refractivity (Wildman–Crippen MR) is 64.1 cm³/mol. The van der Waals surface area contributed by atoms with Crippen molar-refractivity contribution in [2.75, 3.05) is 0 Å². The van der Waals surface area contributed by atoms with Crippen LogP contribution in [-0.2, 0) is 0 Å². The van der Waals surface area contributed by atoms with Crippen LogP contribution in [0, 0.1) is 0 Å². The van der Waals surface area contributed by atoms with Crippen LogP contribution in [0.2, 0.25) is 0 Å². The molecule has 0 fully saturated rings. The van der Waals surface area contributed by atoms with Gasteiger partial charge >= 0.3 is 0 Å². The zero-order valence-electron chi connectivity index (χ0n) is 8.77. The molecule has 0 unspecified atom stereocenters. The Hall–Kier alpha value is -1.56. The molecule has 0 atom stereocenters. The standard InChI is InChI=1S/C14H16/c1-13-10-8-6-4-3-5-7-9-11-14(2)12-13/h3-12H,1-2H3. The van der Waals surface area contributed by atoms with Crippen LogP contribution in [0.3, 0.4) is 0 Å². The van der Waals surface area contributed by atoms with Crippen LogP contribution >= 0.6 is 0 Å². The molecule has 0 radical (unpaired) electrons. The molecule has 0 nitrogen and oxygen atoms in total. The van der Waals surface area contributed by atoms with Gasteiger partial charge in [-0.05, 0) is 13.8 Å². The van der Waals surface area contributed by atoms with E-state index in [2.05, 4.69) is 44.2 Å². The third-order valence-corrected chi connectivity index (χ3v) is 1.84. The zero-order valence-corrected chi connectivity index (χ0v) is 8.77. The SMILES string of the molecule is CC1=CC=CC=CC=CC=CC(C)=C1. The summed E-state index contributed by atoms with van der Waals surface area (Å²) < 4.78 is 0. The first-order valence-corrected chi connectivity index (χ1v) is 4.82. The Balaban J connectivity index is 2.91. The minimum absolute atomic E-state index is 1.27. The van der Waals surface area contributed by atoms with E-state index in [1.54, 1.807) is 0 Å². The van der Waals surface area contributed by atoms with Crippen molar-refractivity contribution in [3.63, 3.8) is 0 Å². The summed E-state index contributed by atoms with van der Waals surface area (Å²) >= 11 is 0. The quantitative estimate of drug-likeness (QED) is 0.531. The summed E-state index contributed by atoms with van der Waals surface area (Å²) in [5, 5.41) is 0. The number of hydrogen-bond acceptors (Lipinski definition) is 0. The minimum Gasteiger partial charge on any atom is -0.0623 e. The molecular formula is C14H16. The topological polar surface area (TPSA) is 0 Å². The summed E-state index contributed by atoms with van der Waals surface area (Å²) in [6.45, 7) is 4.21. The second-order valence-electron chi connectivity index (χ2n) is 3.31. The molecule has 0 saturated carbocycles. The zero-order chi connectivity index (χ0) is 10.2. The van der Waals surface area contributed by atoms with Gasteiger partial charge in [0.25, 0.3) is 0 Å². The molecule has 0 aromatic heterocycles. The lowest BCUT2D eigenvalue weighted by atomic mass is 10.1. The summed E-state index contributed by atoms with van der Waals surface area (Å²) in [7, 11) is 0. The highest BCUT2D eigenvalue weighted by atomic mass is 13.9. The summed E-state index contributed by atoms with van der Waals surface area (Å²) in [5.74, 6) is 0. The normalized spacial score (nSPS) is 17.0. The maximum absolute atomic E-state index is 2.17. The first-order valence-electron chi connectivity index (χ1n) is 4.82. The molecule has 1 aliphatic carbocycles. The molecular weight excluding hydrogens is 168 g/mol. The average molecular weight is 184 g/mol. The molecule has 0 aliphatic heterocycles. The van der Waals surface area contributed by atoms with Crippen molar-refractivity contribution in [2.24, 2.45) is 0 Å². The summed E-state index contributed by atoms with van der Waals surface area (Å²) in [5.41, 5.74) is 2.53. The molecule has 1 aliphatic rings. The van der Waals surface area contributed by atoms with Crippen molar-refractivity contribution in [3.8, 4) is 0 Å². The van der Waals surface area contributed by atoms with E-state index in [0.29, 0.717) is 0 Å². The van der Waals surface area contributed by atoms with E-state index < -0.39 is 0 Å². The fraction of sp³-hybridized carbons (Fsp3) is 0.143. The van der Waals surface area contributed by atoms with E-state index in [9.17, 15) is 0 Å². The molecule has 72 valence electrons. The van der Waals surface area contributed by atoms with E-state index in [1.165, 1.54) is 11.1 Å². The van der Waals surface area contributed by atoms with Crippen LogP contribution in [0.4, 0.5) is 0 Å². The van der Waals surface area contributed by atoms with Crippen molar-refractivity contribution in [3.05, 3.63) is 71.9 Å². The first kappa shape index (κ1) is 10.5. The number of allylic oxidation sites excluding steroid dienone is 12. The molecule has 14 heavy (non-hydrogen) atoms. The van der Waals surface area contributed by atoms with Gasteiger partial charge in [0.1, 0.15) is 0 Å². The van der Waals surface area contributed by atoms with Crippen LogP contribution in [0.1, 0.15) is 13.8 Å². The Morgan fingerprint density at radius 2 is 1.21 bits per heavy atom. The number of hydrogen-bond donors (Lipinski definition) is 0. The monoisotopic (exact) mass is 184 g/mol. The molecule has 0 heteroatoms. The third kappa shape index (κ3) is 4.46. The fourth-order valence-electron chi connectivity index (χ4n) is 1.19. The lowest BCUT2D eigenvalue weighted by molar-refractivity contribution is 1.43. The van der Waals surface area contributed by atoms with E-state index >= 15 is 0 Å². The highest BCUT2D eigenvalue weighted by Gasteiger charge is 1.83. The van der Waals surface area contributed by atoms with E-state index in [0.717, 1.165) is 0 Å². The minimum atomic E-state index is 1.27. The molecule has 1 rings (SSSR count). The van der Waals surface area contributed by atoms with Gasteiger partial charge in [-0.3, -0.25) is 0 Å².